The zero-order chi connectivity index (χ0) is 79.8. The van der Waals surface area contributed by atoms with Gasteiger partial charge in [-0.15, -0.1) is 5.10 Å². The van der Waals surface area contributed by atoms with Gasteiger partial charge >= 0.3 is 24.7 Å². The number of amides is 3. The highest BCUT2D eigenvalue weighted by Gasteiger charge is 2.34. The van der Waals surface area contributed by atoms with E-state index in [0.717, 1.165) is 98.2 Å². The van der Waals surface area contributed by atoms with E-state index in [-0.39, 0.29) is 37.1 Å². The third-order valence-electron chi connectivity index (χ3n) is 17.4. The smallest absolute Gasteiger partial charge is 0.433 e. The lowest BCUT2D eigenvalue weighted by Gasteiger charge is -2.08. The number of carbonyl (C=O) groups is 3. The minimum atomic E-state index is -4.49. The van der Waals surface area contributed by atoms with E-state index >= 15 is 0 Å². The van der Waals surface area contributed by atoms with Crippen LogP contribution in [-0.2, 0) is 50.9 Å². The molecule has 0 bridgehead atoms. The summed E-state index contributed by atoms with van der Waals surface area (Å²) < 4.78 is 165. The second-order valence-electron chi connectivity index (χ2n) is 25.1. The van der Waals surface area contributed by atoms with Crippen molar-refractivity contribution in [3.05, 3.63) is 327 Å². The highest BCUT2D eigenvalue weighted by molar-refractivity contribution is 9.10. The van der Waals surface area contributed by atoms with Gasteiger partial charge < -0.3 is 20.4 Å². The first kappa shape index (κ1) is 77.6. The summed E-state index contributed by atoms with van der Waals surface area (Å²) in [5.41, 5.74) is 6.06. The molecule has 8 heterocycles. The highest BCUT2D eigenvalue weighted by Crippen LogP contribution is 2.36. The lowest BCUT2D eigenvalue weighted by molar-refractivity contribution is -0.141. The van der Waals surface area contributed by atoms with Crippen LogP contribution in [0, 0.1) is 6.92 Å². The van der Waals surface area contributed by atoms with E-state index in [1.54, 1.807) is 86.7 Å². The van der Waals surface area contributed by atoms with Gasteiger partial charge in [-0.05, 0) is 160 Å². The predicted octanol–water partition coefficient (Wildman–Crippen LogP) is 19.4. The molecular weight excluding hydrogens is 1560 g/mol. The van der Waals surface area contributed by atoms with Gasteiger partial charge in [-0.2, -0.15) is 83.3 Å². The number of H-pyrrole nitrogens is 1. The van der Waals surface area contributed by atoms with Crippen LogP contribution in [0.25, 0.3) is 54.9 Å². The molecule has 16 rings (SSSR count). The monoisotopic (exact) mass is 1610 g/mol. The van der Waals surface area contributed by atoms with Gasteiger partial charge in [0.15, 0.2) is 23.1 Å². The molecule has 3 amide bonds. The Balaban J connectivity index is 0.000000132. The predicted molar refractivity (Wildman–Crippen MR) is 400 cm³/mol. The Morgan fingerprint density at radius 3 is 1.23 bits per heavy atom. The third-order valence-corrected chi connectivity index (χ3v) is 18.1. The van der Waals surface area contributed by atoms with Crippen LogP contribution < -0.4 is 16.0 Å². The number of aryl methyl sites for hydroxylation is 1. The van der Waals surface area contributed by atoms with Crippen LogP contribution in [0.15, 0.2) is 264 Å². The molecule has 20 nitrogen and oxygen atoms in total. The molecule has 0 saturated carbocycles. The molecule has 0 unspecified atom stereocenters. The first-order valence-corrected chi connectivity index (χ1v) is 34.7. The maximum absolute atomic E-state index is 12.8. The number of halogens is 13. The van der Waals surface area contributed by atoms with Gasteiger partial charge in [-0.1, -0.05) is 109 Å². The summed E-state index contributed by atoms with van der Waals surface area (Å²) in [6, 6.07) is 58.9. The molecule has 33 heteroatoms. The van der Waals surface area contributed by atoms with Gasteiger partial charge in [0.05, 0.1) is 94.8 Å². The molecule has 0 spiro atoms. The number of aromatic amines is 1. The fourth-order valence-electron chi connectivity index (χ4n) is 11.8. The van der Waals surface area contributed by atoms with E-state index in [2.05, 4.69) is 77.7 Å². The molecule has 0 aliphatic carbocycles. The van der Waals surface area contributed by atoms with Crippen molar-refractivity contribution in [3.63, 3.8) is 0 Å². The zero-order valence-corrected chi connectivity index (χ0v) is 60.1. The van der Waals surface area contributed by atoms with Crippen LogP contribution in [0.5, 0.6) is 0 Å². The number of hydrogen-bond donors (Lipinski definition) is 4. The molecule has 572 valence electrons. The van der Waals surface area contributed by atoms with Crippen molar-refractivity contribution in [3.8, 4) is 11.3 Å². The van der Waals surface area contributed by atoms with Crippen LogP contribution in [0.1, 0.15) is 81.5 Å². The van der Waals surface area contributed by atoms with Gasteiger partial charge in [-0.25, -0.2) is 0 Å². The van der Waals surface area contributed by atoms with Crippen molar-refractivity contribution in [1.82, 2.24) is 64.5 Å². The summed E-state index contributed by atoms with van der Waals surface area (Å²) in [6.07, 6.45) is -10.3. The zero-order valence-electron chi connectivity index (χ0n) is 58.5. The molecule has 0 aliphatic rings. The number of para-hydroxylation sites is 4. The molecule has 0 atom stereocenters. The average molecular weight is 1610 g/mol. The number of benzene rings is 8. The van der Waals surface area contributed by atoms with Crippen LogP contribution in [0.4, 0.5) is 70.1 Å². The van der Waals surface area contributed by atoms with Gasteiger partial charge in [0.1, 0.15) is 11.4 Å². The topological polar surface area (TPSA) is 239 Å². The molecule has 0 saturated heterocycles. The largest absolute Gasteiger partial charge is 0.472 e. The number of aromatic nitrogens is 13. The fourth-order valence-corrected chi connectivity index (χ4v) is 12.3. The van der Waals surface area contributed by atoms with Gasteiger partial charge in [0, 0.05) is 49.7 Å². The first-order valence-electron chi connectivity index (χ1n) is 33.9. The standard InChI is InChI=1S/C22H15BrF3N3O.C20H16F3N5O.C19H13F3N6O.C19H13F3N2O/c23-18-7-3-1-5-16(18)21(30)27-20-17-6-2-4-8-19(17)29(28-20)13-14-9-11-15(12-10-14)22(24,25)26;1-12-16(10-24-26-12)19(29)25-18-15-4-2-3-5-17(15)28(27-18)11-13-6-8-14(9-7-13)20(21,22)23;20-19(21,22)16-8-7-12(10-23-16)11-28-15-6-2-1-4-13(15)17(27-28)25-18(29)14-5-3-9-24-26-14;20-19(21,22)15-7-5-13(6-8-15)11-24-17-4-2-1-3-16(17)18(23-24)14-9-10-25-12-14/h1-12H,13H2,(H,27,28,30);2-10H,11H2,1H3,(H,24,26)(H,25,27,29);1-10H,11H2,(H,25,27,29);1-10,12H,11H2. The number of alkyl halides is 12. The van der Waals surface area contributed by atoms with E-state index in [1.807, 2.05) is 84.9 Å². The van der Waals surface area contributed by atoms with Crippen LogP contribution >= 0.6 is 15.9 Å². The number of nitrogens with zero attached hydrogens (tertiary/aromatic N) is 12. The molecular formula is C80H57BrF12N16O4. The summed E-state index contributed by atoms with van der Waals surface area (Å²) in [5, 5.41) is 43.4. The quantitative estimate of drug-likeness (QED) is 0.0701. The molecule has 0 radical (unpaired) electrons. The van der Waals surface area contributed by atoms with Crippen molar-refractivity contribution in [2.45, 2.75) is 57.8 Å². The molecule has 113 heavy (non-hydrogen) atoms. The molecule has 8 aromatic heterocycles. The lowest BCUT2D eigenvalue weighted by Crippen LogP contribution is -2.15. The Kier molecular flexibility index (Phi) is 22.6. The van der Waals surface area contributed by atoms with Crippen LogP contribution in [0.3, 0.4) is 0 Å². The summed E-state index contributed by atoms with van der Waals surface area (Å²) in [7, 11) is 0. The maximum atomic E-state index is 12.8. The normalized spacial score (nSPS) is 11.7. The van der Waals surface area contributed by atoms with Crippen molar-refractivity contribution in [2.24, 2.45) is 0 Å². The van der Waals surface area contributed by atoms with Gasteiger partial charge in [0.25, 0.3) is 17.7 Å². The Morgan fingerprint density at radius 1 is 0.425 bits per heavy atom. The first-order chi connectivity index (χ1) is 54.1. The Hall–Kier alpha value is -13.6. The summed E-state index contributed by atoms with van der Waals surface area (Å²) >= 11 is 3.36. The number of rotatable bonds is 15. The van der Waals surface area contributed by atoms with Gasteiger partial charge in [0.2, 0.25) is 0 Å². The summed E-state index contributed by atoms with van der Waals surface area (Å²) in [6.45, 7) is 2.84. The number of hydrogen-bond acceptors (Lipinski definition) is 12. The minimum Gasteiger partial charge on any atom is -0.472 e. The van der Waals surface area contributed by atoms with E-state index in [4.69, 9.17) is 4.42 Å². The van der Waals surface area contributed by atoms with E-state index in [1.165, 1.54) is 60.9 Å². The second kappa shape index (κ2) is 32.9. The number of fused-ring (bicyclic) bond motifs is 4. The number of pyridine rings is 1. The number of furan rings is 1. The van der Waals surface area contributed by atoms with Crippen molar-refractivity contribution >= 4 is 94.7 Å². The third kappa shape index (κ3) is 18.5. The molecule has 8 aromatic carbocycles. The molecule has 0 aliphatic heterocycles. The number of carbonyl (C=O) groups excluding carboxylic acids is 3. The van der Waals surface area contributed by atoms with Crippen molar-refractivity contribution in [2.75, 3.05) is 16.0 Å². The van der Waals surface area contributed by atoms with E-state index in [9.17, 15) is 67.1 Å². The highest BCUT2D eigenvalue weighted by atomic mass is 79.9. The molecule has 16 aromatic rings. The second-order valence-corrected chi connectivity index (χ2v) is 26.0. The SMILES string of the molecule is Cc1[nH]ncc1C(=O)Nc1nn(Cc2ccc(C(F)(F)F)cc2)c2ccccc12.FC(F)(F)c1ccc(Cn2nc(-c3ccoc3)c3ccccc32)cc1.O=C(Nc1nn(Cc2ccc(C(F)(F)F)cc2)c2ccccc12)c1ccccc1Br.O=C(Nc1nn(Cc2ccc(C(F)(F)F)nc2)c2ccccc12)c1cccnn1. The number of nitrogens with one attached hydrogen (secondary N) is 4. The Labute approximate surface area is 639 Å². The van der Waals surface area contributed by atoms with Crippen LogP contribution in [0.2, 0.25) is 0 Å². The summed E-state index contributed by atoms with van der Waals surface area (Å²) in [4.78, 5) is 41.0. The van der Waals surface area contributed by atoms with Crippen molar-refractivity contribution in [1.29, 1.82) is 0 Å². The minimum absolute atomic E-state index is 0.137. The molecule has 4 N–H and O–H groups in total. The average Bonchev–Trinajstić information content (AvgIpc) is 1.67. The number of anilines is 3. The molecule has 0 fully saturated rings. The van der Waals surface area contributed by atoms with E-state index < -0.39 is 53.0 Å². The van der Waals surface area contributed by atoms with E-state index in [0.29, 0.717) is 72.9 Å². The Bertz CT molecular complexity index is 6020. The summed E-state index contributed by atoms with van der Waals surface area (Å²) in [5.74, 6) is -0.0502. The maximum Gasteiger partial charge on any atom is 0.433 e. The van der Waals surface area contributed by atoms with Crippen LogP contribution in [-0.4, -0.2) is 82.2 Å². The fraction of sp³-hybridized carbons (Fsp3) is 0.113. The van der Waals surface area contributed by atoms with Crippen molar-refractivity contribution < 1.29 is 71.5 Å². The van der Waals surface area contributed by atoms with Gasteiger partial charge in [-0.3, -0.25) is 43.2 Å². The lowest BCUT2D eigenvalue weighted by atomic mass is 10.1. The Morgan fingerprint density at radius 2 is 0.832 bits per heavy atom.